The third-order valence-electron chi connectivity index (χ3n) is 7.23. The van der Waals surface area contributed by atoms with Gasteiger partial charge in [0.25, 0.3) is 0 Å². The zero-order chi connectivity index (χ0) is 19.3. The van der Waals surface area contributed by atoms with E-state index in [1.54, 1.807) is 0 Å². The monoisotopic (exact) mass is 392 g/mol. The number of hydrogen-bond acceptors (Lipinski definition) is 4. The highest BCUT2D eigenvalue weighted by Gasteiger charge is 2.15. The largest absolute Gasteiger partial charge is 0.303 e. The molecule has 4 heteroatoms. The Morgan fingerprint density at radius 1 is 0.286 bits per heavy atom. The average molecular weight is 393 g/mol. The highest BCUT2D eigenvalue weighted by molar-refractivity contribution is 4.71. The Morgan fingerprint density at radius 2 is 0.536 bits per heavy atom. The van der Waals surface area contributed by atoms with E-state index in [9.17, 15) is 0 Å². The van der Waals surface area contributed by atoms with Crippen LogP contribution in [0.2, 0.25) is 0 Å². The molecule has 0 aromatic carbocycles. The molecule has 0 spiro atoms. The lowest BCUT2D eigenvalue weighted by Gasteiger charge is -2.19. The molecule has 4 aliphatic heterocycles. The van der Waals surface area contributed by atoms with E-state index in [2.05, 4.69) is 19.6 Å². The van der Waals surface area contributed by atoms with Gasteiger partial charge in [0, 0.05) is 13.1 Å². The summed E-state index contributed by atoms with van der Waals surface area (Å²) >= 11 is 0. The van der Waals surface area contributed by atoms with Gasteiger partial charge in [-0.2, -0.15) is 0 Å². The Labute approximate surface area is 175 Å². The molecular formula is C24H48N4. The van der Waals surface area contributed by atoms with Crippen LogP contribution in [0.15, 0.2) is 0 Å². The van der Waals surface area contributed by atoms with Crippen molar-refractivity contribution in [1.82, 2.24) is 19.6 Å². The Bertz CT molecular complexity index is 329. The van der Waals surface area contributed by atoms with E-state index in [0.717, 1.165) is 0 Å². The molecule has 0 atom stereocenters. The van der Waals surface area contributed by atoms with Gasteiger partial charge in [0.05, 0.1) is 0 Å². The molecule has 4 saturated heterocycles. The van der Waals surface area contributed by atoms with Crippen molar-refractivity contribution in [2.24, 2.45) is 0 Å². The topological polar surface area (TPSA) is 13.0 Å². The third kappa shape index (κ3) is 9.11. The van der Waals surface area contributed by atoms with Crippen LogP contribution in [0.25, 0.3) is 0 Å². The van der Waals surface area contributed by atoms with E-state index in [4.69, 9.17) is 0 Å². The first-order chi connectivity index (χ1) is 13.9. The van der Waals surface area contributed by atoms with Crippen molar-refractivity contribution in [1.29, 1.82) is 0 Å². The third-order valence-corrected chi connectivity index (χ3v) is 7.23. The van der Waals surface area contributed by atoms with Gasteiger partial charge in [-0.15, -0.1) is 0 Å². The maximum absolute atomic E-state index is 2.64. The first-order valence-corrected chi connectivity index (χ1v) is 12.8. The highest BCUT2D eigenvalue weighted by atomic mass is 15.2. The van der Waals surface area contributed by atoms with E-state index in [-0.39, 0.29) is 0 Å². The van der Waals surface area contributed by atoms with Crippen LogP contribution in [0, 0.1) is 0 Å². The minimum atomic E-state index is 1.32. The van der Waals surface area contributed by atoms with Gasteiger partial charge in [-0.1, -0.05) is 12.8 Å². The molecule has 4 aliphatic rings. The lowest BCUT2D eigenvalue weighted by molar-refractivity contribution is 0.258. The Hall–Kier alpha value is -0.160. The number of likely N-dealkylation sites (tertiary alicyclic amines) is 4. The molecule has 4 fully saturated rings. The van der Waals surface area contributed by atoms with Gasteiger partial charge >= 0.3 is 0 Å². The summed E-state index contributed by atoms with van der Waals surface area (Å²) in [6.45, 7) is 16.3. The fourth-order valence-corrected chi connectivity index (χ4v) is 5.33. The molecule has 0 N–H and O–H groups in total. The molecular weight excluding hydrogens is 344 g/mol. The van der Waals surface area contributed by atoms with Crippen molar-refractivity contribution < 1.29 is 0 Å². The standard InChI is InChI=1S/C14H28N2.C10H20N2/c1(3-9-15-11-5-6-12-15)2-4-10-16-13-7-8-14-16;1-2-6-11(5-1)9-10-12-7-3-4-8-12/h1-14H2;1-10H2. The molecule has 4 rings (SSSR count). The van der Waals surface area contributed by atoms with E-state index in [1.165, 1.54) is 156 Å². The quantitative estimate of drug-likeness (QED) is 0.522. The van der Waals surface area contributed by atoms with Gasteiger partial charge in [0.1, 0.15) is 0 Å². The molecule has 4 heterocycles. The number of rotatable bonds is 10. The summed E-state index contributed by atoms with van der Waals surface area (Å²) in [5.41, 5.74) is 0. The number of nitrogens with zero attached hydrogens (tertiary/aromatic N) is 4. The van der Waals surface area contributed by atoms with Crippen LogP contribution in [-0.4, -0.2) is 98.1 Å². The molecule has 0 unspecified atom stereocenters. The SMILES string of the molecule is C(CCCN1CCCC1)CCN1CCCC1.C1CCN(CCN2CCCC2)C1. The van der Waals surface area contributed by atoms with Gasteiger partial charge in [0.2, 0.25) is 0 Å². The van der Waals surface area contributed by atoms with Gasteiger partial charge < -0.3 is 19.6 Å². The van der Waals surface area contributed by atoms with Crippen molar-refractivity contribution in [2.45, 2.75) is 77.0 Å². The van der Waals surface area contributed by atoms with Crippen molar-refractivity contribution in [3.63, 3.8) is 0 Å². The summed E-state index contributed by atoms with van der Waals surface area (Å²) in [4.78, 5) is 10.5. The summed E-state index contributed by atoms with van der Waals surface area (Å²) < 4.78 is 0. The van der Waals surface area contributed by atoms with Crippen LogP contribution in [0.5, 0.6) is 0 Å². The average Bonchev–Trinajstić information content (AvgIpc) is 3.51. The molecule has 0 aromatic heterocycles. The number of unbranched alkanes of at least 4 members (excludes halogenated alkanes) is 3. The summed E-state index contributed by atoms with van der Waals surface area (Å²) in [5, 5.41) is 0. The normalized spacial score (nSPS) is 24.9. The fraction of sp³-hybridized carbons (Fsp3) is 1.00. The van der Waals surface area contributed by atoms with E-state index < -0.39 is 0 Å². The van der Waals surface area contributed by atoms with Crippen molar-refractivity contribution in [3.05, 3.63) is 0 Å². The van der Waals surface area contributed by atoms with E-state index >= 15 is 0 Å². The smallest absolute Gasteiger partial charge is 0.0109 e. The maximum Gasteiger partial charge on any atom is 0.0109 e. The lowest BCUT2D eigenvalue weighted by atomic mass is 10.2. The van der Waals surface area contributed by atoms with Gasteiger partial charge in [-0.05, 0) is 130 Å². The second-order valence-electron chi connectivity index (χ2n) is 9.61. The Balaban J connectivity index is 0.000000167. The van der Waals surface area contributed by atoms with Gasteiger partial charge in [-0.3, -0.25) is 0 Å². The second-order valence-corrected chi connectivity index (χ2v) is 9.61. The molecule has 0 bridgehead atoms. The molecule has 4 nitrogen and oxygen atoms in total. The van der Waals surface area contributed by atoms with Crippen LogP contribution in [0.4, 0.5) is 0 Å². The van der Waals surface area contributed by atoms with Crippen molar-refractivity contribution >= 4 is 0 Å². The Morgan fingerprint density at radius 3 is 0.821 bits per heavy atom. The van der Waals surface area contributed by atoms with Crippen molar-refractivity contribution in [3.8, 4) is 0 Å². The fourth-order valence-electron chi connectivity index (χ4n) is 5.33. The summed E-state index contributed by atoms with van der Waals surface area (Å²) in [6, 6.07) is 0. The lowest BCUT2D eigenvalue weighted by Crippen LogP contribution is -2.31. The van der Waals surface area contributed by atoms with Crippen LogP contribution in [0.3, 0.4) is 0 Å². The molecule has 0 radical (unpaired) electrons. The summed E-state index contributed by atoms with van der Waals surface area (Å²) in [6.07, 6.45) is 17.2. The molecule has 28 heavy (non-hydrogen) atoms. The first kappa shape index (κ1) is 22.5. The van der Waals surface area contributed by atoms with E-state index in [1.807, 2.05) is 0 Å². The van der Waals surface area contributed by atoms with Crippen LogP contribution >= 0.6 is 0 Å². The van der Waals surface area contributed by atoms with Crippen molar-refractivity contribution in [2.75, 3.05) is 78.5 Å². The van der Waals surface area contributed by atoms with Crippen LogP contribution < -0.4 is 0 Å². The zero-order valence-electron chi connectivity index (χ0n) is 18.8. The molecule has 0 amide bonds. The maximum atomic E-state index is 2.64. The second kappa shape index (κ2) is 14.0. The predicted octanol–water partition coefficient (Wildman–Crippen LogP) is 3.92. The van der Waals surface area contributed by atoms with Gasteiger partial charge in [0.15, 0.2) is 0 Å². The van der Waals surface area contributed by atoms with Crippen LogP contribution in [0.1, 0.15) is 77.0 Å². The van der Waals surface area contributed by atoms with E-state index in [0.29, 0.717) is 0 Å². The molecule has 0 saturated carbocycles. The highest BCUT2D eigenvalue weighted by Crippen LogP contribution is 2.12. The Kier molecular flexibility index (Phi) is 11.2. The molecule has 0 aromatic rings. The first-order valence-electron chi connectivity index (χ1n) is 12.8. The zero-order valence-corrected chi connectivity index (χ0v) is 18.8. The van der Waals surface area contributed by atoms with Crippen LogP contribution in [-0.2, 0) is 0 Å². The minimum absolute atomic E-state index is 1.32. The summed E-state index contributed by atoms with van der Waals surface area (Å²) in [5.74, 6) is 0. The summed E-state index contributed by atoms with van der Waals surface area (Å²) in [7, 11) is 0. The molecule has 164 valence electrons. The predicted molar refractivity (Wildman–Crippen MR) is 121 cm³/mol. The number of hydrogen-bond donors (Lipinski definition) is 0. The molecule has 0 aliphatic carbocycles. The van der Waals surface area contributed by atoms with Gasteiger partial charge in [-0.25, -0.2) is 0 Å². The minimum Gasteiger partial charge on any atom is -0.303 e.